The van der Waals surface area contributed by atoms with E-state index in [1.165, 1.54) is 0 Å². The van der Waals surface area contributed by atoms with Crippen molar-refractivity contribution in [2.75, 3.05) is 13.1 Å². The Morgan fingerprint density at radius 1 is 0.917 bits per heavy atom. The van der Waals surface area contributed by atoms with Gasteiger partial charge in [0.05, 0.1) is 0 Å². The average molecular weight is 208 g/mol. The van der Waals surface area contributed by atoms with Crippen molar-refractivity contribution >= 4 is 21.6 Å². The van der Waals surface area contributed by atoms with Crippen molar-refractivity contribution in [3.8, 4) is 0 Å². The van der Waals surface area contributed by atoms with Gasteiger partial charge in [-0.3, -0.25) is 0 Å². The molecule has 0 heterocycles. The van der Waals surface area contributed by atoms with E-state index in [1.54, 1.807) is 0 Å². The number of nitrogens with two attached hydrogens (primary N) is 2. The summed E-state index contributed by atoms with van der Waals surface area (Å²) in [6, 6.07) is 0. The van der Waals surface area contributed by atoms with Gasteiger partial charge >= 0.3 is 0 Å². The van der Waals surface area contributed by atoms with Gasteiger partial charge in [-0.15, -0.1) is 0 Å². The lowest BCUT2D eigenvalue weighted by Crippen LogP contribution is -2.08. The van der Waals surface area contributed by atoms with Crippen LogP contribution in [0.1, 0.15) is 26.7 Å². The average Bonchev–Trinajstić information content (AvgIpc) is 2.02. The number of rotatable bonds is 7. The molecule has 2 nitrogen and oxygen atoms in total. The third-order valence-electron chi connectivity index (χ3n) is 1.53. The van der Waals surface area contributed by atoms with E-state index in [-0.39, 0.29) is 0 Å². The molecule has 2 unspecified atom stereocenters. The molecule has 0 aliphatic rings. The Labute approximate surface area is 83.6 Å². The molecule has 12 heavy (non-hydrogen) atoms. The van der Waals surface area contributed by atoms with Gasteiger partial charge in [-0.25, -0.2) is 0 Å². The molecule has 0 bridgehead atoms. The van der Waals surface area contributed by atoms with Gasteiger partial charge < -0.3 is 11.5 Å². The van der Waals surface area contributed by atoms with Crippen LogP contribution in [0.3, 0.4) is 0 Å². The molecule has 0 aliphatic carbocycles. The van der Waals surface area contributed by atoms with Gasteiger partial charge in [-0.2, -0.15) is 0 Å². The molecule has 0 spiro atoms. The summed E-state index contributed by atoms with van der Waals surface area (Å²) in [5, 5.41) is 1.33. The summed E-state index contributed by atoms with van der Waals surface area (Å²) >= 11 is 0. The third-order valence-corrected chi connectivity index (χ3v) is 5.07. The van der Waals surface area contributed by atoms with Gasteiger partial charge in [-0.1, -0.05) is 35.4 Å². The normalized spacial score (nSPS) is 16.0. The monoisotopic (exact) mass is 208 g/mol. The number of hydrogen-bond donors (Lipinski definition) is 2. The Bertz CT molecular complexity index is 89.1. The van der Waals surface area contributed by atoms with Gasteiger partial charge in [0.15, 0.2) is 0 Å². The number of hydrogen-bond acceptors (Lipinski definition) is 4. The molecule has 0 aliphatic heterocycles. The predicted octanol–water partition coefficient (Wildman–Crippen LogP) is 1.84. The Hall–Kier alpha value is 0.620. The minimum atomic E-state index is 0.667. The molecule has 0 fully saturated rings. The lowest BCUT2D eigenvalue weighted by Gasteiger charge is -2.12. The lowest BCUT2D eigenvalue weighted by molar-refractivity contribution is 0.821. The second-order valence-electron chi connectivity index (χ2n) is 2.97. The van der Waals surface area contributed by atoms with Crippen molar-refractivity contribution in [3.05, 3.63) is 0 Å². The van der Waals surface area contributed by atoms with E-state index in [4.69, 9.17) is 11.5 Å². The summed E-state index contributed by atoms with van der Waals surface area (Å²) in [5.41, 5.74) is 10.9. The molecule has 4 N–H and O–H groups in total. The molecule has 0 radical (unpaired) electrons. The van der Waals surface area contributed by atoms with E-state index < -0.39 is 0 Å². The second-order valence-corrected chi connectivity index (χ2v) is 6.12. The fraction of sp³-hybridized carbons (Fsp3) is 1.00. The summed E-state index contributed by atoms with van der Waals surface area (Å²) in [6.45, 7) is 6.03. The van der Waals surface area contributed by atoms with Gasteiger partial charge in [0.25, 0.3) is 0 Å². The minimum absolute atomic E-state index is 0.667. The van der Waals surface area contributed by atoms with Gasteiger partial charge in [-0.05, 0) is 25.9 Å². The summed E-state index contributed by atoms with van der Waals surface area (Å²) in [6.07, 6.45) is 2.21. The SMILES string of the molecule is CC(CCN)SSC(C)CCN. The standard InChI is InChI=1S/C8H20N2S2/c1-7(3-5-9)11-12-8(2)4-6-10/h7-8H,3-6,9-10H2,1-2H3. The topological polar surface area (TPSA) is 52.0 Å². The zero-order valence-corrected chi connectivity index (χ0v) is 9.59. The van der Waals surface area contributed by atoms with Crippen molar-refractivity contribution in [2.24, 2.45) is 11.5 Å². The minimum Gasteiger partial charge on any atom is -0.330 e. The Kier molecular flexibility index (Phi) is 8.65. The largest absolute Gasteiger partial charge is 0.330 e. The highest BCUT2D eigenvalue weighted by atomic mass is 33.1. The highest BCUT2D eigenvalue weighted by Crippen LogP contribution is 2.33. The fourth-order valence-corrected chi connectivity index (χ4v) is 3.31. The van der Waals surface area contributed by atoms with Crippen LogP contribution in [0.2, 0.25) is 0 Å². The summed E-state index contributed by atoms with van der Waals surface area (Å²) in [7, 11) is 3.86. The van der Waals surface area contributed by atoms with E-state index >= 15 is 0 Å². The first-order chi connectivity index (χ1) is 5.70. The second kappa shape index (κ2) is 8.23. The maximum atomic E-state index is 5.45. The highest BCUT2D eigenvalue weighted by molar-refractivity contribution is 8.77. The lowest BCUT2D eigenvalue weighted by atomic mass is 10.3. The first-order valence-corrected chi connectivity index (χ1v) is 6.70. The zero-order chi connectivity index (χ0) is 9.40. The van der Waals surface area contributed by atoms with Gasteiger partial charge in [0.2, 0.25) is 0 Å². The summed E-state index contributed by atoms with van der Waals surface area (Å²) < 4.78 is 0. The molecular weight excluding hydrogens is 188 g/mol. The molecular formula is C8H20N2S2. The molecule has 2 atom stereocenters. The van der Waals surface area contributed by atoms with Crippen molar-refractivity contribution in [1.82, 2.24) is 0 Å². The van der Waals surface area contributed by atoms with E-state index in [1.807, 2.05) is 21.6 Å². The van der Waals surface area contributed by atoms with Crippen LogP contribution in [-0.4, -0.2) is 23.6 Å². The molecule has 0 aromatic carbocycles. The first kappa shape index (κ1) is 12.6. The summed E-state index contributed by atoms with van der Waals surface area (Å²) in [5.74, 6) is 0. The van der Waals surface area contributed by atoms with Crippen LogP contribution >= 0.6 is 21.6 Å². The fourth-order valence-electron chi connectivity index (χ4n) is 0.755. The molecule has 0 amide bonds. The van der Waals surface area contributed by atoms with E-state index in [9.17, 15) is 0 Å². The van der Waals surface area contributed by atoms with Crippen molar-refractivity contribution in [1.29, 1.82) is 0 Å². The maximum absolute atomic E-state index is 5.45. The van der Waals surface area contributed by atoms with E-state index in [0.717, 1.165) is 25.9 Å². The molecule has 0 aromatic rings. The molecule has 74 valence electrons. The Balaban J connectivity index is 3.27. The van der Waals surface area contributed by atoms with Crippen LogP contribution in [0.4, 0.5) is 0 Å². The molecule has 4 heteroatoms. The van der Waals surface area contributed by atoms with Crippen molar-refractivity contribution in [2.45, 2.75) is 37.2 Å². The Morgan fingerprint density at radius 2 is 1.25 bits per heavy atom. The molecule has 0 saturated carbocycles. The Morgan fingerprint density at radius 3 is 1.50 bits per heavy atom. The van der Waals surface area contributed by atoms with Crippen LogP contribution in [0.25, 0.3) is 0 Å². The van der Waals surface area contributed by atoms with Crippen molar-refractivity contribution in [3.63, 3.8) is 0 Å². The zero-order valence-electron chi connectivity index (χ0n) is 7.95. The molecule has 0 aromatic heterocycles. The van der Waals surface area contributed by atoms with Crippen molar-refractivity contribution < 1.29 is 0 Å². The molecule has 0 rings (SSSR count). The smallest absolute Gasteiger partial charge is 0.0135 e. The van der Waals surface area contributed by atoms with E-state index in [0.29, 0.717) is 10.5 Å². The van der Waals surface area contributed by atoms with Gasteiger partial charge in [0.1, 0.15) is 0 Å². The highest BCUT2D eigenvalue weighted by Gasteiger charge is 2.06. The van der Waals surface area contributed by atoms with Gasteiger partial charge in [0, 0.05) is 10.5 Å². The maximum Gasteiger partial charge on any atom is 0.0135 e. The van der Waals surface area contributed by atoms with Crippen LogP contribution in [0.15, 0.2) is 0 Å². The molecule has 0 saturated heterocycles. The van der Waals surface area contributed by atoms with E-state index in [2.05, 4.69) is 13.8 Å². The predicted molar refractivity (Wildman–Crippen MR) is 61.4 cm³/mol. The van der Waals surface area contributed by atoms with Crippen LogP contribution in [-0.2, 0) is 0 Å². The summed E-state index contributed by atoms with van der Waals surface area (Å²) in [4.78, 5) is 0. The quantitative estimate of drug-likeness (QED) is 0.627. The third kappa shape index (κ3) is 7.28. The van der Waals surface area contributed by atoms with Crippen LogP contribution < -0.4 is 11.5 Å². The first-order valence-electron chi connectivity index (χ1n) is 4.43. The van der Waals surface area contributed by atoms with Crippen LogP contribution in [0.5, 0.6) is 0 Å². The van der Waals surface area contributed by atoms with Crippen LogP contribution in [0, 0.1) is 0 Å².